The van der Waals surface area contributed by atoms with Gasteiger partial charge in [0.1, 0.15) is 6.07 Å². The van der Waals surface area contributed by atoms with Crippen LogP contribution in [0.15, 0.2) is 28.4 Å². The Morgan fingerprint density at radius 3 is 2.32 bits per heavy atom. The third kappa shape index (κ3) is 4.08. The van der Waals surface area contributed by atoms with Crippen LogP contribution in [-0.2, 0) is 14.4 Å². The molecule has 0 N–H and O–H groups in total. The molecule has 0 saturated heterocycles. The van der Waals surface area contributed by atoms with Crippen molar-refractivity contribution in [2.75, 3.05) is 0 Å². The molecular weight excluding hydrogens is 476 g/mol. The van der Waals surface area contributed by atoms with E-state index < -0.39 is 22.2 Å². The quantitative estimate of drug-likeness (QED) is 0.203. The number of amides is 1. The first kappa shape index (κ1) is 28.3. The van der Waals surface area contributed by atoms with E-state index in [2.05, 4.69) is 50.7 Å². The number of carbonyl (C=O) groups excluding carboxylic acids is 3. The van der Waals surface area contributed by atoms with Crippen molar-refractivity contribution in [2.45, 2.75) is 99.8 Å². The fraction of sp³-hybridized carbons (Fsp3) is 0.742. The number of fused-ring (bicyclic) bond motifs is 5. The molecule has 0 aromatic rings. The molecule has 0 spiro atoms. The molecule has 2 fully saturated rings. The van der Waals surface area contributed by atoms with Crippen molar-refractivity contribution in [3.63, 3.8) is 0 Å². The van der Waals surface area contributed by atoms with Gasteiger partial charge in [-0.15, -0.1) is 0 Å². The Kier molecular flexibility index (Phi) is 6.85. The van der Waals surface area contributed by atoms with E-state index in [1.165, 1.54) is 0 Å². The zero-order chi connectivity index (χ0) is 28.3. The average molecular weight is 519 g/mol. The predicted octanol–water partition coefficient (Wildman–Crippen LogP) is 7.43. The Balaban J connectivity index is 1.88. The SMILES string of the molecule is C[C@@H]1C(=O)C(C#N)=C[C@]2(C)C3=CC(=O)C4CCC(C)(C)CC[C@](C)(C(=O)N=[N+]=[N-])CC[C@@]4(C)[C@]3(C)CC[C@@H]12. The van der Waals surface area contributed by atoms with Gasteiger partial charge in [-0.3, -0.25) is 14.4 Å². The molecule has 4 rings (SSSR count). The number of rotatable bonds is 1. The second-order valence-electron chi connectivity index (χ2n) is 14.3. The Morgan fingerprint density at radius 1 is 1.03 bits per heavy atom. The summed E-state index contributed by atoms with van der Waals surface area (Å²) in [6, 6.07) is 2.13. The minimum Gasteiger partial charge on any atom is -0.295 e. The number of hydrogen-bond acceptors (Lipinski definition) is 4. The number of nitrogens with zero attached hydrogens (tertiary/aromatic N) is 4. The molecule has 0 aromatic carbocycles. The molecule has 7 nitrogen and oxygen atoms in total. The van der Waals surface area contributed by atoms with E-state index in [0.717, 1.165) is 37.7 Å². The van der Waals surface area contributed by atoms with Crippen LogP contribution in [0.5, 0.6) is 0 Å². The van der Waals surface area contributed by atoms with E-state index in [4.69, 9.17) is 5.53 Å². The lowest BCUT2D eigenvalue weighted by Crippen LogP contribution is -2.58. The number of Topliss-reactive ketones (excluding diaryl/α,β-unsaturated/α-hetero) is 1. The zero-order valence-corrected chi connectivity index (χ0v) is 24.1. The van der Waals surface area contributed by atoms with E-state index in [9.17, 15) is 19.6 Å². The summed E-state index contributed by atoms with van der Waals surface area (Å²) in [4.78, 5) is 42.9. The van der Waals surface area contributed by atoms with Gasteiger partial charge in [0.25, 0.3) is 0 Å². The molecular formula is C31H42N4O3. The molecule has 204 valence electrons. The van der Waals surface area contributed by atoms with Crippen LogP contribution in [0, 0.1) is 56.2 Å². The number of allylic oxidation sites excluding steroid dienone is 4. The molecule has 0 radical (unpaired) electrons. The normalized spacial score (nSPS) is 42.6. The number of nitriles is 1. The van der Waals surface area contributed by atoms with Crippen molar-refractivity contribution in [3.05, 3.63) is 33.7 Å². The molecule has 0 aromatic heterocycles. The van der Waals surface area contributed by atoms with Crippen molar-refractivity contribution in [1.29, 1.82) is 5.26 Å². The average Bonchev–Trinajstić information content (AvgIpc) is 2.85. The summed E-state index contributed by atoms with van der Waals surface area (Å²) in [6.07, 6.45) is 9.71. The van der Waals surface area contributed by atoms with E-state index >= 15 is 0 Å². The molecule has 38 heavy (non-hydrogen) atoms. The molecule has 7 heteroatoms. The summed E-state index contributed by atoms with van der Waals surface area (Å²) in [5, 5.41) is 13.3. The van der Waals surface area contributed by atoms with Crippen LogP contribution in [-0.4, -0.2) is 17.5 Å². The van der Waals surface area contributed by atoms with Crippen LogP contribution in [0.4, 0.5) is 0 Å². The molecule has 4 aliphatic carbocycles. The van der Waals surface area contributed by atoms with Gasteiger partial charge >= 0.3 is 0 Å². The smallest absolute Gasteiger partial charge is 0.224 e. The van der Waals surface area contributed by atoms with Gasteiger partial charge in [0.2, 0.25) is 5.91 Å². The Labute approximate surface area is 226 Å². The highest BCUT2D eigenvalue weighted by Gasteiger charge is 2.63. The van der Waals surface area contributed by atoms with Gasteiger partial charge in [0.15, 0.2) is 11.6 Å². The summed E-state index contributed by atoms with van der Waals surface area (Å²) in [5.74, 6) is -0.822. The molecule has 0 bridgehead atoms. The highest BCUT2D eigenvalue weighted by Crippen LogP contribution is 2.69. The van der Waals surface area contributed by atoms with Crippen LogP contribution in [0.2, 0.25) is 0 Å². The van der Waals surface area contributed by atoms with Gasteiger partial charge in [-0.2, -0.15) is 5.26 Å². The molecule has 0 heterocycles. The largest absolute Gasteiger partial charge is 0.295 e. The predicted molar refractivity (Wildman–Crippen MR) is 145 cm³/mol. The second-order valence-corrected chi connectivity index (χ2v) is 14.3. The third-order valence-electron chi connectivity index (χ3n) is 11.7. The minimum atomic E-state index is -0.796. The Morgan fingerprint density at radius 2 is 1.68 bits per heavy atom. The molecule has 7 atom stereocenters. The zero-order valence-electron chi connectivity index (χ0n) is 24.1. The summed E-state index contributed by atoms with van der Waals surface area (Å²) in [6.45, 7) is 14.8. The monoisotopic (exact) mass is 518 g/mol. The van der Waals surface area contributed by atoms with E-state index in [1.807, 2.05) is 26.0 Å². The highest BCUT2D eigenvalue weighted by atomic mass is 16.2. The topological polar surface area (TPSA) is 124 Å². The van der Waals surface area contributed by atoms with E-state index in [0.29, 0.717) is 19.3 Å². The maximum absolute atomic E-state index is 14.1. The van der Waals surface area contributed by atoms with E-state index in [-0.39, 0.29) is 45.7 Å². The number of ketones is 2. The van der Waals surface area contributed by atoms with Gasteiger partial charge < -0.3 is 0 Å². The Bertz CT molecular complexity index is 1230. The molecule has 1 amide bonds. The standard InChI is InChI=1S/C31H42N4O3/c1-19-21-9-11-31(7)24(29(21,5)17-20(18-32)25(19)37)16-23(36)22-8-10-27(2,3)12-13-28(4,26(38)34-35-33)14-15-30(22,31)6/h16-17,19,21-22H,8-15H2,1-7H3/t19-,21-,22?,28-,29-,30+,31+/m0/s1. The first-order valence-electron chi connectivity index (χ1n) is 14.1. The van der Waals surface area contributed by atoms with Crippen LogP contribution in [0.3, 0.4) is 0 Å². The third-order valence-corrected chi connectivity index (χ3v) is 11.7. The van der Waals surface area contributed by atoms with Gasteiger partial charge in [-0.05, 0) is 90.3 Å². The lowest BCUT2D eigenvalue weighted by Gasteiger charge is -2.63. The van der Waals surface area contributed by atoms with Crippen LogP contribution in [0.1, 0.15) is 99.8 Å². The van der Waals surface area contributed by atoms with E-state index in [1.54, 1.807) is 0 Å². The lowest BCUT2D eigenvalue weighted by molar-refractivity contribution is -0.137. The fourth-order valence-corrected chi connectivity index (χ4v) is 8.58. The molecule has 0 aliphatic heterocycles. The van der Waals surface area contributed by atoms with Crippen LogP contribution >= 0.6 is 0 Å². The first-order chi connectivity index (χ1) is 17.6. The summed E-state index contributed by atoms with van der Waals surface area (Å²) >= 11 is 0. The number of carbonyl (C=O) groups is 3. The van der Waals surface area contributed by atoms with Crippen LogP contribution in [0.25, 0.3) is 10.4 Å². The lowest BCUT2D eigenvalue weighted by atomic mass is 9.39. The second kappa shape index (κ2) is 9.19. The van der Waals surface area contributed by atoms with Gasteiger partial charge in [-0.25, -0.2) is 0 Å². The van der Waals surface area contributed by atoms with Crippen molar-refractivity contribution < 1.29 is 14.4 Å². The first-order valence-corrected chi connectivity index (χ1v) is 14.1. The number of azide groups is 1. The minimum absolute atomic E-state index is 0.0367. The van der Waals surface area contributed by atoms with Gasteiger partial charge in [-0.1, -0.05) is 60.1 Å². The van der Waals surface area contributed by atoms with Crippen molar-refractivity contribution in [2.24, 2.45) is 49.9 Å². The molecule has 4 aliphatic rings. The summed E-state index contributed by atoms with van der Waals surface area (Å²) in [7, 11) is 0. The maximum Gasteiger partial charge on any atom is 0.224 e. The summed E-state index contributed by atoms with van der Waals surface area (Å²) < 4.78 is 0. The van der Waals surface area contributed by atoms with Crippen molar-refractivity contribution in [3.8, 4) is 6.07 Å². The van der Waals surface area contributed by atoms with Crippen LogP contribution < -0.4 is 0 Å². The van der Waals surface area contributed by atoms with Crippen molar-refractivity contribution in [1.82, 2.24) is 0 Å². The fourth-order valence-electron chi connectivity index (χ4n) is 8.58. The van der Waals surface area contributed by atoms with Gasteiger partial charge in [0.05, 0.1) is 5.57 Å². The Hall–Kier alpha value is -2.71. The number of hydrogen-bond donors (Lipinski definition) is 0. The van der Waals surface area contributed by atoms with Gasteiger partial charge in [0, 0.05) is 27.6 Å². The van der Waals surface area contributed by atoms with Crippen molar-refractivity contribution >= 4 is 17.5 Å². The molecule has 2 saturated carbocycles. The summed E-state index contributed by atoms with van der Waals surface area (Å²) in [5.41, 5.74) is 8.07. The molecule has 1 unspecified atom stereocenters. The maximum atomic E-state index is 14.1. The highest BCUT2D eigenvalue weighted by molar-refractivity contribution is 6.02.